The molecule has 2 atom stereocenters. The zero-order valence-corrected chi connectivity index (χ0v) is 11.4. The highest BCUT2D eigenvalue weighted by molar-refractivity contribution is 5.69. The van der Waals surface area contributed by atoms with Crippen molar-refractivity contribution >= 4 is 6.09 Å². The molecule has 104 valence electrons. The predicted octanol–water partition coefficient (Wildman–Crippen LogP) is 0.805. The minimum Gasteiger partial charge on any atom is -0.443 e. The van der Waals surface area contributed by atoms with Crippen molar-refractivity contribution in [1.82, 2.24) is 15.5 Å². The van der Waals surface area contributed by atoms with E-state index in [-0.39, 0.29) is 12.2 Å². The van der Waals surface area contributed by atoms with Crippen LogP contribution in [0.3, 0.4) is 0 Å². The van der Waals surface area contributed by atoms with Crippen molar-refractivity contribution in [3.8, 4) is 0 Å². The number of rotatable bonds is 5. The molecule has 2 saturated heterocycles. The SMILES string of the molecule is CC(C)NCC1CCCN(CC2CNC(=O)O2)C1. The van der Waals surface area contributed by atoms with Gasteiger partial charge in [-0.05, 0) is 31.8 Å². The Hall–Kier alpha value is -0.810. The van der Waals surface area contributed by atoms with Crippen LogP contribution in [0.15, 0.2) is 0 Å². The van der Waals surface area contributed by atoms with Crippen molar-refractivity contribution in [2.24, 2.45) is 5.92 Å². The first-order valence-electron chi connectivity index (χ1n) is 7.03. The highest BCUT2D eigenvalue weighted by Gasteiger charge is 2.27. The smallest absolute Gasteiger partial charge is 0.407 e. The molecule has 2 fully saturated rings. The van der Waals surface area contributed by atoms with Crippen LogP contribution in [0, 0.1) is 5.92 Å². The van der Waals surface area contributed by atoms with Gasteiger partial charge in [0.1, 0.15) is 6.10 Å². The highest BCUT2D eigenvalue weighted by Crippen LogP contribution is 2.17. The number of cyclic esters (lactones) is 1. The van der Waals surface area contributed by atoms with Crippen LogP contribution in [0.2, 0.25) is 0 Å². The first-order valence-corrected chi connectivity index (χ1v) is 7.03. The maximum absolute atomic E-state index is 11.0. The minimum absolute atomic E-state index is 0.0364. The van der Waals surface area contributed by atoms with E-state index in [1.807, 2.05) is 0 Å². The van der Waals surface area contributed by atoms with Crippen molar-refractivity contribution in [3.63, 3.8) is 0 Å². The van der Waals surface area contributed by atoms with Gasteiger partial charge in [-0.3, -0.25) is 4.90 Å². The summed E-state index contributed by atoms with van der Waals surface area (Å²) >= 11 is 0. The number of ether oxygens (including phenoxy) is 1. The lowest BCUT2D eigenvalue weighted by Gasteiger charge is -2.34. The first kappa shape index (κ1) is 13.6. The summed E-state index contributed by atoms with van der Waals surface area (Å²) in [6.45, 7) is 9.24. The average molecular weight is 255 g/mol. The molecule has 2 aliphatic heterocycles. The van der Waals surface area contributed by atoms with Gasteiger partial charge < -0.3 is 15.4 Å². The number of nitrogens with zero attached hydrogens (tertiary/aromatic N) is 1. The van der Waals surface area contributed by atoms with Gasteiger partial charge in [0.2, 0.25) is 0 Å². The lowest BCUT2D eigenvalue weighted by atomic mass is 9.97. The fourth-order valence-electron chi connectivity index (χ4n) is 2.71. The number of likely N-dealkylation sites (tertiary alicyclic amines) is 1. The molecule has 5 nitrogen and oxygen atoms in total. The summed E-state index contributed by atoms with van der Waals surface area (Å²) in [5, 5.41) is 6.22. The third-order valence-electron chi connectivity index (χ3n) is 3.63. The van der Waals surface area contributed by atoms with Crippen molar-refractivity contribution in [2.75, 3.05) is 32.7 Å². The van der Waals surface area contributed by atoms with Gasteiger partial charge in [-0.2, -0.15) is 0 Å². The first-order chi connectivity index (χ1) is 8.63. The summed E-state index contributed by atoms with van der Waals surface area (Å²) in [5.41, 5.74) is 0. The van der Waals surface area contributed by atoms with Crippen LogP contribution in [-0.2, 0) is 4.74 Å². The zero-order valence-electron chi connectivity index (χ0n) is 11.4. The molecule has 0 aliphatic carbocycles. The molecule has 0 radical (unpaired) electrons. The van der Waals surface area contributed by atoms with E-state index in [0.29, 0.717) is 12.6 Å². The Morgan fingerprint density at radius 2 is 2.39 bits per heavy atom. The molecule has 2 heterocycles. The Balaban J connectivity index is 1.71. The van der Waals surface area contributed by atoms with Gasteiger partial charge in [-0.15, -0.1) is 0 Å². The molecule has 0 aromatic heterocycles. The molecule has 0 bridgehead atoms. The van der Waals surface area contributed by atoms with Gasteiger partial charge >= 0.3 is 6.09 Å². The van der Waals surface area contributed by atoms with Gasteiger partial charge in [-0.1, -0.05) is 13.8 Å². The van der Waals surface area contributed by atoms with Crippen LogP contribution >= 0.6 is 0 Å². The topological polar surface area (TPSA) is 53.6 Å². The van der Waals surface area contributed by atoms with Crippen LogP contribution < -0.4 is 10.6 Å². The van der Waals surface area contributed by atoms with Crippen LogP contribution in [0.25, 0.3) is 0 Å². The van der Waals surface area contributed by atoms with E-state index in [0.717, 1.165) is 32.1 Å². The summed E-state index contributed by atoms with van der Waals surface area (Å²) in [5.74, 6) is 0.728. The Kier molecular flexibility index (Phi) is 4.83. The van der Waals surface area contributed by atoms with Gasteiger partial charge in [0.15, 0.2) is 0 Å². The molecule has 0 aromatic carbocycles. The maximum Gasteiger partial charge on any atom is 0.407 e. The number of carbonyl (C=O) groups excluding carboxylic acids is 1. The van der Waals surface area contributed by atoms with Crippen molar-refractivity contribution in [3.05, 3.63) is 0 Å². The van der Waals surface area contributed by atoms with E-state index in [1.54, 1.807) is 0 Å². The Morgan fingerprint density at radius 3 is 3.06 bits per heavy atom. The molecule has 1 amide bonds. The molecule has 5 heteroatoms. The van der Waals surface area contributed by atoms with Crippen LogP contribution in [0.4, 0.5) is 4.79 Å². The van der Waals surface area contributed by atoms with Crippen molar-refractivity contribution < 1.29 is 9.53 Å². The standard InChI is InChI=1S/C13H25N3O2/c1-10(2)14-6-11-4-3-5-16(8-11)9-12-7-15-13(17)18-12/h10-12,14H,3-9H2,1-2H3,(H,15,17). The average Bonchev–Trinajstić information content (AvgIpc) is 2.73. The number of piperidine rings is 1. The number of alkyl carbamates (subject to hydrolysis) is 1. The number of hydrogen-bond acceptors (Lipinski definition) is 4. The van der Waals surface area contributed by atoms with Crippen LogP contribution in [0.5, 0.6) is 0 Å². The largest absolute Gasteiger partial charge is 0.443 e. The van der Waals surface area contributed by atoms with Gasteiger partial charge in [0.25, 0.3) is 0 Å². The van der Waals surface area contributed by atoms with E-state index in [1.165, 1.54) is 12.8 Å². The second kappa shape index (κ2) is 6.38. The lowest BCUT2D eigenvalue weighted by molar-refractivity contribution is 0.0869. The summed E-state index contributed by atoms with van der Waals surface area (Å²) < 4.78 is 5.19. The fraction of sp³-hybridized carbons (Fsp3) is 0.923. The van der Waals surface area contributed by atoms with Gasteiger partial charge in [0.05, 0.1) is 6.54 Å². The molecule has 2 N–H and O–H groups in total. The van der Waals surface area contributed by atoms with Crippen molar-refractivity contribution in [2.45, 2.75) is 38.8 Å². The number of hydrogen-bond donors (Lipinski definition) is 2. The summed E-state index contributed by atoms with van der Waals surface area (Å²) in [6.07, 6.45) is 2.32. The van der Waals surface area contributed by atoms with E-state index < -0.39 is 0 Å². The van der Waals surface area contributed by atoms with Crippen molar-refractivity contribution in [1.29, 1.82) is 0 Å². The molecule has 0 aromatic rings. The Labute approximate surface area is 109 Å². The highest BCUT2D eigenvalue weighted by atomic mass is 16.6. The third kappa shape index (κ3) is 4.14. The lowest BCUT2D eigenvalue weighted by Crippen LogP contribution is -2.44. The van der Waals surface area contributed by atoms with Crippen LogP contribution in [0.1, 0.15) is 26.7 Å². The maximum atomic E-state index is 11.0. The molecule has 0 spiro atoms. The van der Waals surface area contributed by atoms with Gasteiger partial charge in [-0.25, -0.2) is 4.79 Å². The predicted molar refractivity (Wildman–Crippen MR) is 70.6 cm³/mol. The van der Waals surface area contributed by atoms with Crippen LogP contribution in [-0.4, -0.2) is 55.9 Å². The molecule has 2 rings (SSSR count). The second-order valence-electron chi connectivity index (χ2n) is 5.74. The summed E-state index contributed by atoms with van der Waals surface area (Å²) in [6, 6.07) is 0.556. The normalized spacial score (nSPS) is 29.4. The zero-order chi connectivity index (χ0) is 13.0. The molecular weight excluding hydrogens is 230 g/mol. The number of amides is 1. The third-order valence-corrected chi connectivity index (χ3v) is 3.63. The number of carbonyl (C=O) groups is 1. The molecule has 2 aliphatic rings. The Morgan fingerprint density at radius 1 is 1.56 bits per heavy atom. The number of nitrogens with one attached hydrogen (secondary N) is 2. The fourth-order valence-corrected chi connectivity index (χ4v) is 2.71. The summed E-state index contributed by atoms with van der Waals surface area (Å²) in [7, 11) is 0. The second-order valence-corrected chi connectivity index (χ2v) is 5.74. The van der Waals surface area contributed by atoms with E-state index in [9.17, 15) is 4.79 Å². The molecule has 0 saturated carbocycles. The molecule has 2 unspecified atom stereocenters. The summed E-state index contributed by atoms with van der Waals surface area (Å²) in [4.78, 5) is 13.4. The van der Waals surface area contributed by atoms with Gasteiger partial charge in [0, 0.05) is 19.1 Å². The minimum atomic E-state index is -0.268. The van der Waals surface area contributed by atoms with E-state index in [2.05, 4.69) is 29.4 Å². The monoisotopic (exact) mass is 255 g/mol. The van der Waals surface area contributed by atoms with E-state index >= 15 is 0 Å². The Bertz CT molecular complexity index is 283. The van der Waals surface area contributed by atoms with E-state index in [4.69, 9.17) is 4.74 Å². The molecular formula is C13H25N3O2. The molecule has 18 heavy (non-hydrogen) atoms. The quantitative estimate of drug-likeness (QED) is 0.763.